The summed E-state index contributed by atoms with van der Waals surface area (Å²) < 4.78 is 5.45. The zero-order valence-electron chi connectivity index (χ0n) is 18.2. The molecular weight excluding hydrogens is 404 g/mol. The Labute approximate surface area is 186 Å². The van der Waals surface area contributed by atoms with E-state index in [2.05, 4.69) is 22.4 Å². The first kappa shape index (κ1) is 20.3. The quantitative estimate of drug-likeness (QED) is 0.644. The van der Waals surface area contributed by atoms with E-state index in [9.17, 15) is 9.59 Å². The summed E-state index contributed by atoms with van der Waals surface area (Å²) in [6.45, 7) is 2.54. The molecule has 2 aromatic carbocycles. The maximum atomic E-state index is 13.6. The number of likely N-dealkylation sites (tertiary alicyclic amines) is 1. The van der Waals surface area contributed by atoms with Crippen molar-refractivity contribution in [2.45, 2.75) is 37.6 Å². The van der Waals surface area contributed by atoms with E-state index in [1.807, 2.05) is 54.6 Å². The highest BCUT2D eigenvalue weighted by Crippen LogP contribution is 2.55. The van der Waals surface area contributed by atoms with Crippen LogP contribution < -0.4 is 10.1 Å². The summed E-state index contributed by atoms with van der Waals surface area (Å²) in [5.74, 6) is 0.439. The number of aromatic nitrogens is 2. The molecule has 0 saturated carbocycles. The Bertz CT molecular complexity index is 1190. The molecule has 0 bridgehead atoms. The molecule has 1 spiro atoms. The summed E-state index contributed by atoms with van der Waals surface area (Å²) in [5, 5.41) is 10.3. The fraction of sp³-hybridized carbons (Fsp3) is 0.320. The van der Waals surface area contributed by atoms with Crippen molar-refractivity contribution in [3.63, 3.8) is 0 Å². The van der Waals surface area contributed by atoms with E-state index in [1.54, 1.807) is 12.0 Å². The molecule has 2 N–H and O–H groups in total. The van der Waals surface area contributed by atoms with Gasteiger partial charge in [-0.15, -0.1) is 0 Å². The van der Waals surface area contributed by atoms with Crippen LogP contribution in [0, 0.1) is 0 Å². The van der Waals surface area contributed by atoms with Gasteiger partial charge in [-0.25, -0.2) is 0 Å². The number of hydrogen-bond acceptors (Lipinski definition) is 4. The van der Waals surface area contributed by atoms with Crippen LogP contribution >= 0.6 is 0 Å². The van der Waals surface area contributed by atoms with Gasteiger partial charge in [0, 0.05) is 17.9 Å². The molecule has 7 heteroatoms. The van der Waals surface area contributed by atoms with Crippen LogP contribution in [-0.4, -0.2) is 40.6 Å². The molecular formula is C25H26N4O3. The number of carbonyl (C=O) groups excluding carboxylic acids is 2. The molecule has 0 aliphatic carbocycles. The van der Waals surface area contributed by atoms with Crippen molar-refractivity contribution < 1.29 is 14.3 Å². The lowest BCUT2D eigenvalue weighted by molar-refractivity contribution is -0.121. The molecule has 5 rings (SSSR count). The average Bonchev–Trinajstić information content (AvgIpc) is 3.51. The fourth-order valence-corrected chi connectivity index (χ4v) is 5.20. The van der Waals surface area contributed by atoms with Crippen LogP contribution in [-0.2, 0) is 16.6 Å². The van der Waals surface area contributed by atoms with Crippen LogP contribution in [0.3, 0.4) is 0 Å². The third-order valence-electron chi connectivity index (χ3n) is 6.63. The molecule has 3 heterocycles. The monoisotopic (exact) mass is 430 g/mol. The number of carbonyl (C=O) groups is 2. The van der Waals surface area contributed by atoms with E-state index in [-0.39, 0.29) is 11.8 Å². The number of hydrogen-bond donors (Lipinski definition) is 2. The summed E-state index contributed by atoms with van der Waals surface area (Å²) >= 11 is 0. The first-order chi connectivity index (χ1) is 15.6. The number of methoxy groups -OCH3 is 1. The van der Waals surface area contributed by atoms with Crippen LogP contribution in [0.1, 0.15) is 53.1 Å². The molecule has 1 saturated heterocycles. The molecule has 0 unspecified atom stereocenters. The number of nitrogens with zero attached hydrogens (tertiary/aromatic N) is 2. The number of amides is 2. The lowest BCUT2D eigenvalue weighted by Crippen LogP contribution is -2.42. The third kappa shape index (κ3) is 2.99. The Hall–Kier alpha value is -3.61. The highest BCUT2D eigenvalue weighted by Gasteiger charge is 2.59. The smallest absolute Gasteiger partial charge is 0.274 e. The summed E-state index contributed by atoms with van der Waals surface area (Å²) in [6.07, 6.45) is 2.33. The Morgan fingerprint density at radius 2 is 2.06 bits per heavy atom. The number of nitrogens with one attached hydrogen (secondary N) is 2. The number of anilines is 1. The van der Waals surface area contributed by atoms with Crippen LogP contribution in [0.15, 0.2) is 54.6 Å². The molecule has 32 heavy (non-hydrogen) atoms. The topological polar surface area (TPSA) is 87.3 Å². The Morgan fingerprint density at radius 1 is 1.22 bits per heavy atom. The minimum absolute atomic E-state index is 0.0736. The van der Waals surface area contributed by atoms with Crippen LogP contribution in [0.4, 0.5) is 5.69 Å². The summed E-state index contributed by atoms with van der Waals surface area (Å²) in [6, 6.07) is 16.7. The molecule has 1 aromatic heterocycles. The molecule has 2 aliphatic heterocycles. The zero-order chi connectivity index (χ0) is 22.3. The Kier molecular flexibility index (Phi) is 4.96. The van der Waals surface area contributed by atoms with Gasteiger partial charge in [0.2, 0.25) is 5.91 Å². The maximum Gasteiger partial charge on any atom is 0.274 e. The lowest BCUT2D eigenvalue weighted by Gasteiger charge is -2.34. The second kappa shape index (κ2) is 7.82. The molecule has 2 aliphatic rings. The Morgan fingerprint density at radius 3 is 2.88 bits per heavy atom. The van der Waals surface area contributed by atoms with Gasteiger partial charge >= 0.3 is 0 Å². The predicted molar refractivity (Wildman–Crippen MR) is 121 cm³/mol. The highest BCUT2D eigenvalue weighted by atomic mass is 16.5. The number of ether oxygens (including phenoxy) is 1. The second-order valence-electron chi connectivity index (χ2n) is 8.43. The molecule has 2 amide bonds. The van der Waals surface area contributed by atoms with Crippen molar-refractivity contribution in [3.8, 4) is 5.75 Å². The van der Waals surface area contributed by atoms with E-state index in [1.165, 1.54) is 0 Å². The number of aromatic amines is 1. The maximum absolute atomic E-state index is 13.6. The predicted octanol–water partition coefficient (Wildman–Crippen LogP) is 3.85. The van der Waals surface area contributed by atoms with Gasteiger partial charge < -0.3 is 15.0 Å². The number of fused-ring (bicyclic) bond motifs is 2. The number of benzene rings is 2. The van der Waals surface area contributed by atoms with Gasteiger partial charge in [0.05, 0.1) is 13.2 Å². The van der Waals surface area contributed by atoms with Crippen LogP contribution in [0.5, 0.6) is 5.75 Å². The minimum atomic E-state index is -0.860. The van der Waals surface area contributed by atoms with Gasteiger partial charge in [-0.05, 0) is 48.2 Å². The van der Waals surface area contributed by atoms with Crippen LogP contribution in [0.2, 0.25) is 0 Å². The van der Waals surface area contributed by atoms with Crippen molar-refractivity contribution in [1.82, 2.24) is 15.1 Å². The number of aryl methyl sites for hydroxylation is 1. The number of rotatable bonds is 5. The lowest BCUT2D eigenvalue weighted by atomic mass is 9.72. The van der Waals surface area contributed by atoms with Gasteiger partial charge in [0.1, 0.15) is 16.9 Å². The third-order valence-corrected chi connectivity index (χ3v) is 6.63. The minimum Gasteiger partial charge on any atom is -0.497 e. The van der Waals surface area contributed by atoms with Crippen molar-refractivity contribution in [1.29, 1.82) is 0 Å². The normalized spacial score (nSPS) is 21.6. The first-order valence-corrected chi connectivity index (χ1v) is 11.0. The average molecular weight is 431 g/mol. The number of H-pyrrole nitrogens is 1. The van der Waals surface area contributed by atoms with E-state index in [4.69, 9.17) is 4.74 Å². The molecule has 2 atom stereocenters. The summed E-state index contributed by atoms with van der Waals surface area (Å²) in [7, 11) is 1.61. The standard InChI is InChI=1S/C25H26N4O3/c1-3-7-17-15-21(28-27-17)23(30)29-13-12-25(19-10-4-5-11-20(19)26-24(25)31)22(29)16-8-6-9-18(14-16)32-2/h4-6,8-11,14-15,22H,3,7,12-13H2,1-2H3,(H,26,31)(H,27,28)/t22-,25+/m0/s1. The van der Waals surface area contributed by atoms with Gasteiger partial charge in [0.25, 0.3) is 5.91 Å². The first-order valence-electron chi connectivity index (χ1n) is 11.0. The zero-order valence-corrected chi connectivity index (χ0v) is 18.2. The van der Waals surface area contributed by atoms with Gasteiger partial charge in [0.15, 0.2) is 0 Å². The van der Waals surface area contributed by atoms with E-state index < -0.39 is 11.5 Å². The highest BCUT2D eigenvalue weighted by molar-refractivity contribution is 6.08. The van der Waals surface area contributed by atoms with Gasteiger partial charge in [-0.2, -0.15) is 5.10 Å². The summed E-state index contributed by atoms with van der Waals surface area (Å²) in [4.78, 5) is 28.9. The van der Waals surface area contributed by atoms with E-state index in [0.717, 1.165) is 35.3 Å². The van der Waals surface area contributed by atoms with Gasteiger partial charge in [-0.1, -0.05) is 43.7 Å². The summed E-state index contributed by atoms with van der Waals surface area (Å²) in [5.41, 5.74) is 3.07. The SMILES string of the molecule is CCCc1cc(C(=O)N2CC[C@]3(C(=O)Nc4ccccc43)[C@@H]2c2cccc(OC)c2)n[nH]1. The molecule has 3 aromatic rings. The van der Waals surface area contributed by atoms with Gasteiger partial charge in [-0.3, -0.25) is 14.7 Å². The molecule has 1 fully saturated rings. The fourth-order valence-electron chi connectivity index (χ4n) is 5.20. The van der Waals surface area contributed by atoms with E-state index in [0.29, 0.717) is 24.4 Å². The van der Waals surface area contributed by atoms with E-state index >= 15 is 0 Å². The van der Waals surface area contributed by atoms with Crippen molar-refractivity contribution >= 4 is 17.5 Å². The van der Waals surface area contributed by atoms with Crippen LogP contribution in [0.25, 0.3) is 0 Å². The molecule has 7 nitrogen and oxygen atoms in total. The Balaban J connectivity index is 1.63. The van der Waals surface area contributed by atoms with Crippen molar-refractivity contribution in [2.75, 3.05) is 19.0 Å². The second-order valence-corrected chi connectivity index (χ2v) is 8.43. The molecule has 164 valence electrons. The largest absolute Gasteiger partial charge is 0.497 e. The van der Waals surface area contributed by atoms with Crippen molar-refractivity contribution in [3.05, 3.63) is 77.1 Å². The van der Waals surface area contributed by atoms with Crippen molar-refractivity contribution in [2.24, 2.45) is 0 Å². The number of para-hydroxylation sites is 1. The molecule has 0 radical (unpaired) electrons.